The Morgan fingerprint density at radius 2 is 2.10 bits per heavy atom. The number of ether oxygens (including phenoxy) is 1. The summed E-state index contributed by atoms with van der Waals surface area (Å²) in [6.07, 6.45) is -0.231. The molecule has 1 aromatic heterocycles. The van der Waals surface area contributed by atoms with E-state index < -0.39 is 16.1 Å². The molecule has 7 nitrogen and oxygen atoms in total. The average Bonchev–Trinajstić information content (AvgIpc) is 2.82. The van der Waals surface area contributed by atoms with Crippen molar-refractivity contribution < 1.29 is 22.7 Å². The minimum Gasteiger partial charge on any atom is -0.447 e. The van der Waals surface area contributed by atoms with Crippen molar-refractivity contribution in [3.8, 4) is 0 Å². The third-order valence-corrected chi connectivity index (χ3v) is 4.20. The summed E-state index contributed by atoms with van der Waals surface area (Å²) in [5, 5.41) is 12.2. The van der Waals surface area contributed by atoms with Crippen molar-refractivity contribution in [2.45, 2.75) is 44.1 Å². The van der Waals surface area contributed by atoms with Gasteiger partial charge in [-0.2, -0.15) is 0 Å². The Balaban J connectivity index is 2.57. The second-order valence-electron chi connectivity index (χ2n) is 5.00. The van der Waals surface area contributed by atoms with Gasteiger partial charge in [0.2, 0.25) is 5.09 Å². The molecule has 0 aliphatic rings. The first-order valence-electron chi connectivity index (χ1n) is 6.84. The van der Waals surface area contributed by atoms with Crippen LogP contribution in [0.5, 0.6) is 0 Å². The summed E-state index contributed by atoms with van der Waals surface area (Å²) in [5.41, 5.74) is 0. The molecule has 3 N–H and O–H groups in total. The van der Waals surface area contributed by atoms with Crippen molar-refractivity contribution in [3.05, 3.63) is 17.9 Å². The monoisotopic (exact) mass is 320 g/mol. The summed E-state index contributed by atoms with van der Waals surface area (Å²) in [5.74, 6) is 0.537. The molecule has 122 valence electrons. The van der Waals surface area contributed by atoms with Crippen molar-refractivity contribution >= 4 is 10.0 Å². The molecular formula is C13H24N2O5S. The standard InChI is InChI=1S/C13H24N2O5S/c1-10(8-11(2)16)15-21(17,18)13-5-4-12(20-13)9-14-6-7-19-3/h4-5,10-11,14-16H,6-9H2,1-3H3. The van der Waals surface area contributed by atoms with Gasteiger partial charge in [0.15, 0.2) is 0 Å². The summed E-state index contributed by atoms with van der Waals surface area (Å²) in [6.45, 7) is 4.97. The number of methoxy groups -OCH3 is 1. The van der Waals surface area contributed by atoms with E-state index in [2.05, 4.69) is 10.0 Å². The summed E-state index contributed by atoms with van der Waals surface area (Å²) >= 11 is 0. The van der Waals surface area contributed by atoms with E-state index in [1.165, 1.54) is 6.07 Å². The first-order chi connectivity index (χ1) is 9.85. The second-order valence-corrected chi connectivity index (χ2v) is 6.64. The summed E-state index contributed by atoms with van der Waals surface area (Å²) < 4.78 is 36.9. The smallest absolute Gasteiger partial charge is 0.274 e. The van der Waals surface area contributed by atoms with E-state index in [1.54, 1.807) is 27.0 Å². The van der Waals surface area contributed by atoms with Crippen LogP contribution in [0.3, 0.4) is 0 Å². The van der Waals surface area contributed by atoms with Crippen molar-refractivity contribution in [2.24, 2.45) is 0 Å². The molecule has 0 saturated heterocycles. The maximum Gasteiger partial charge on any atom is 0.274 e. The molecular weight excluding hydrogens is 296 g/mol. The molecule has 0 radical (unpaired) electrons. The van der Waals surface area contributed by atoms with Crippen LogP contribution >= 0.6 is 0 Å². The molecule has 2 unspecified atom stereocenters. The number of sulfonamides is 1. The molecule has 1 aromatic rings. The minimum atomic E-state index is -3.70. The van der Waals surface area contributed by atoms with E-state index in [-0.39, 0.29) is 11.1 Å². The third kappa shape index (κ3) is 6.58. The molecule has 2 atom stereocenters. The second kappa shape index (κ2) is 8.50. The summed E-state index contributed by atoms with van der Waals surface area (Å²) in [6, 6.07) is 2.67. The van der Waals surface area contributed by atoms with Gasteiger partial charge < -0.3 is 19.6 Å². The molecule has 0 spiro atoms. The van der Waals surface area contributed by atoms with E-state index in [0.717, 1.165) is 0 Å². The van der Waals surface area contributed by atoms with Crippen LogP contribution < -0.4 is 10.0 Å². The number of hydrogen-bond donors (Lipinski definition) is 3. The number of nitrogens with one attached hydrogen (secondary N) is 2. The maximum atomic E-state index is 12.1. The highest BCUT2D eigenvalue weighted by Crippen LogP contribution is 2.14. The zero-order chi connectivity index (χ0) is 15.9. The number of hydrogen-bond acceptors (Lipinski definition) is 6. The van der Waals surface area contributed by atoms with Crippen LogP contribution in [0.15, 0.2) is 21.6 Å². The lowest BCUT2D eigenvalue weighted by molar-refractivity contribution is 0.174. The molecule has 0 amide bonds. The molecule has 0 fully saturated rings. The molecule has 1 rings (SSSR count). The topological polar surface area (TPSA) is 101 Å². The molecule has 21 heavy (non-hydrogen) atoms. The fraction of sp³-hybridized carbons (Fsp3) is 0.692. The molecule has 8 heteroatoms. The van der Waals surface area contributed by atoms with Crippen LogP contribution in [0.4, 0.5) is 0 Å². The van der Waals surface area contributed by atoms with Gasteiger partial charge in [-0.1, -0.05) is 0 Å². The van der Waals surface area contributed by atoms with Crippen molar-refractivity contribution in [1.82, 2.24) is 10.0 Å². The van der Waals surface area contributed by atoms with Gasteiger partial charge in [0.05, 0.1) is 19.3 Å². The predicted octanol–water partition coefficient (Wildman–Crippen LogP) is 0.453. The van der Waals surface area contributed by atoms with Gasteiger partial charge in [-0.3, -0.25) is 0 Å². The normalized spacial score (nSPS) is 15.0. The first kappa shape index (κ1) is 18.1. The fourth-order valence-electron chi connectivity index (χ4n) is 1.87. The minimum absolute atomic E-state index is 0.122. The number of rotatable bonds is 10. The van der Waals surface area contributed by atoms with Gasteiger partial charge in [0.25, 0.3) is 10.0 Å². The molecule has 1 heterocycles. The van der Waals surface area contributed by atoms with Gasteiger partial charge in [-0.25, -0.2) is 13.1 Å². The zero-order valence-electron chi connectivity index (χ0n) is 12.6. The van der Waals surface area contributed by atoms with Gasteiger partial charge in [0.1, 0.15) is 5.76 Å². The molecule has 0 aromatic carbocycles. The Morgan fingerprint density at radius 1 is 1.38 bits per heavy atom. The largest absolute Gasteiger partial charge is 0.447 e. The van der Waals surface area contributed by atoms with Gasteiger partial charge in [-0.15, -0.1) is 0 Å². The van der Waals surface area contributed by atoms with Gasteiger partial charge >= 0.3 is 0 Å². The Hall–Kier alpha value is -0.930. The summed E-state index contributed by atoms with van der Waals surface area (Å²) in [4.78, 5) is 0. The first-order valence-corrected chi connectivity index (χ1v) is 8.32. The SMILES string of the molecule is COCCNCc1ccc(S(=O)(=O)NC(C)CC(C)O)o1. The highest BCUT2D eigenvalue weighted by Gasteiger charge is 2.21. The Labute approximate surface area is 125 Å². The van der Waals surface area contributed by atoms with E-state index in [1.807, 2.05) is 0 Å². The van der Waals surface area contributed by atoms with E-state index in [9.17, 15) is 13.5 Å². The Bertz CT molecular complexity index is 512. The van der Waals surface area contributed by atoms with Crippen LogP contribution in [0.2, 0.25) is 0 Å². The average molecular weight is 320 g/mol. The Kier molecular flexibility index (Phi) is 7.33. The van der Waals surface area contributed by atoms with Crippen molar-refractivity contribution in [1.29, 1.82) is 0 Å². The van der Waals surface area contributed by atoms with Crippen LogP contribution in [0, 0.1) is 0 Å². The Morgan fingerprint density at radius 3 is 2.71 bits per heavy atom. The summed E-state index contributed by atoms with van der Waals surface area (Å²) in [7, 11) is -2.09. The van der Waals surface area contributed by atoms with Gasteiger partial charge in [0, 0.05) is 19.7 Å². The zero-order valence-corrected chi connectivity index (χ0v) is 13.4. The maximum absolute atomic E-state index is 12.1. The molecule has 0 aliphatic heterocycles. The van der Waals surface area contributed by atoms with E-state index in [0.29, 0.717) is 31.9 Å². The van der Waals surface area contributed by atoms with Crippen molar-refractivity contribution in [2.75, 3.05) is 20.3 Å². The lowest BCUT2D eigenvalue weighted by Gasteiger charge is -2.14. The number of aliphatic hydroxyl groups is 1. The number of aliphatic hydroxyl groups excluding tert-OH is 1. The van der Waals surface area contributed by atoms with Crippen LogP contribution in [-0.4, -0.2) is 45.9 Å². The van der Waals surface area contributed by atoms with Gasteiger partial charge in [-0.05, 0) is 32.4 Å². The fourth-order valence-corrected chi connectivity index (χ4v) is 3.07. The highest BCUT2D eigenvalue weighted by molar-refractivity contribution is 7.89. The molecule has 0 bridgehead atoms. The van der Waals surface area contributed by atoms with Crippen molar-refractivity contribution in [3.63, 3.8) is 0 Å². The van der Waals surface area contributed by atoms with E-state index in [4.69, 9.17) is 9.15 Å². The highest BCUT2D eigenvalue weighted by atomic mass is 32.2. The predicted molar refractivity (Wildman–Crippen MR) is 78.4 cm³/mol. The quantitative estimate of drug-likeness (QED) is 0.541. The van der Waals surface area contributed by atoms with Crippen LogP contribution in [0.1, 0.15) is 26.0 Å². The van der Waals surface area contributed by atoms with E-state index >= 15 is 0 Å². The number of furan rings is 1. The molecule has 0 saturated carbocycles. The van der Waals surface area contributed by atoms with Crippen LogP contribution in [0.25, 0.3) is 0 Å². The van der Waals surface area contributed by atoms with Crippen LogP contribution in [-0.2, 0) is 21.3 Å². The lowest BCUT2D eigenvalue weighted by atomic mass is 10.2. The molecule has 0 aliphatic carbocycles. The lowest BCUT2D eigenvalue weighted by Crippen LogP contribution is -2.34. The third-order valence-electron chi connectivity index (χ3n) is 2.74.